The van der Waals surface area contributed by atoms with Gasteiger partial charge in [-0.1, -0.05) is 63.8 Å². The van der Waals surface area contributed by atoms with Gasteiger partial charge in [0.1, 0.15) is 40.4 Å². The molecule has 0 heterocycles. The Morgan fingerprint density at radius 1 is 0.562 bits per heavy atom. The molecule has 0 bridgehead atoms. The molecule has 5 nitrogen and oxygen atoms in total. The minimum absolute atomic E-state index is 0.0132. The van der Waals surface area contributed by atoms with Crippen LogP contribution in [0.15, 0.2) is 108 Å². The predicted octanol–water partition coefficient (Wildman–Crippen LogP) is 9.25. The molecular formula is C42H50O5P+. The molecule has 5 rings (SSSR count). The van der Waals surface area contributed by atoms with Crippen LogP contribution in [-0.4, -0.2) is 37.1 Å². The van der Waals surface area contributed by atoms with E-state index in [9.17, 15) is 14.7 Å². The lowest BCUT2D eigenvalue weighted by atomic mass is 9.82. The number of ether oxygens (including phenoxy) is 2. The number of phenols is 1. The topological polar surface area (TPSA) is 72.8 Å². The maximum Gasteiger partial charge on any atom is 0.190 e. The van der Waals surface area contributed by atoms with Gasteiger partial charge in [0.05, 0.1) is 20.4 Å². The molecule has 0 radical (unpaired) electrons. The summed E-state index contributed by atoms with van der Waals surface area (Å²) in [6.45, 7) is 5.80. The highest BCUT2D eigenvalue weighted by molar-refractivity contribution is 7.95. The van der Waals surface area contributed by atoms with Crippen molar-refractivity contribution in [1.29, 1.82) is 0 Å². The first kappa shape index (κ1) is 36.6. The fraction of sp³-hybridized carbons (Fsp3) is 0.333. The number of ketones is 2. The molecule has 0 fully saturated rings. The predicted molar refractivity (Wildman–Crippen MR) is 201 cm³/mol. The summed E-state index contributed by atoms with van der Waals surface area (Å²) in [4.78, 5) is 25.8. The van der Waals surface area contributed by atoms with Crippen molar-refractivity contribution in [1.82, 2.24) is 0 Å². The van der Waals surface area contributed by atoms with Gasteiger partial charge in [0, 0.05) is 22.3 Å². The molecule has 0 saturated carbocycles. The van der Waals surface area contributed by atoms with E-state index in [-0.39, 0.29) is 17.3 Å². The van der Waals surface area contributed by atoms with Crippen LogP contribution in [0.2, 0.25) is 0 Å². The lowest BCUT2D eigenvalue weighted by molar-refractivity contribution is 0.0971. The molecule has 0 amide bonds. The Balaban J connectivity index is 0.00000255. The molecule has 1 aliphatic carbocycles. The summed E-state index contributed by atoms with van der Waals surface area (Å²) in [6.07, 6.45) is 9.24. The van der Waals surface area contributed by atoms with E-state index in [1.54, 1.807) is 45.4 Å². The number of phenolic OH excluding ortho intramolecular Hbond substituents is 1. The number of carbonyl (C=O) groups is 2. The number of rotatable bonds is 15. The van der Waals surface area contributed by atoms with E-state index in [1.807, 2.05) is 50.2 Å². The van der Waals surface area contributed by atoms with E-state index in [1.165, 1.54) is 15.9 Å². The summed E-state index contributed by atoms with van der Waals surface area (Å²) in [7, 11) is 1.34. The number of allylic oxidation sites excluding steroid dienone is 2. The summed E-state index contributed by atoms with van der Waals surface area (Å²) in [5.74, 6) is 1.93. The Bertz CT molecular complexity index is 1620. The van der Waals surface area contributed by atoms with Crippen LogP contribution in [0.5, 0.6) is 17.2 Å². The molecule has 4 aromatic carbocycles. The zero-order valence-electron chi connectivity index (χ0n) is 29.1. The normalized spacial score (nSPS) is 12.7. The van der Waals surface area contributed by atoms with Gasteiger partial charge in [0.15, 0.2) is 11.6 Å². The quantitative estimate of drug-likeness (QED) is 0.101. The lowest BCUT2D eigenvalue weighted by Crippen LogP contribution is -2.33. The van der Waals surface area contributed by atoms with Crippen LogP contribution in [0.3, 0.4) is 0 Å². The van der Waals surface area contributed by atoms with E-state index in [4.69, 9.17) is 9.47 Å². The van der Waals surface area contributed by atoms with Gasteiger partial charge in [-0.15, -0.1) is 0 Å². The van der Waals surface area contributed by atoms with Crippen LogP contribution in [0.4, 0.5) is 0 Å². The Kier molecular flexibility index (Phi) is 13.6. The highest BCUT2D eigenvalue weighted by Crippen LogP contribution is 2.56. The summed E-state index contributed by atoms with van der Waals surface area (Å²) in [5, 5.41) is 13.9. The number of aromatic hydroxyl groups is 1. The van der Waals surface area contributed by atoms with E-state index in [0.717, 1.165) is 62.6 Å². The monoisotopic (exact) mass is 665 g/mol. The van der Waals surface area contributed by atoms with Gasteiger partial charge in [0.2, 0.25) is 0 Å². The first-order valence-electron chi connectivity index (χ1n) is 17.2. The van der Waals surface area contributed by atoms with Crippen LogP contribution < -0.4 is 25.4 Å². The number of hydrogen-bond donors (Lipinski definition) is 1. The number of benzene rings is 4. The number of hydrogen-bond acceptors (Lipinski definition) is 5. The van der Waals surface area contributed by atoms with Gasteiger partial charge >= 0.3 is 0 Å². The van der Waals surface area contributed by atoms with Crippen LogP contribution in [0, 0.1) is 0 Å². The van der Waals surface area contributed by atoms with Crippen molar-refractivity contribution in [3.8, 4) is 17.2 Å². The molecular weight excluding hydrogens is 615 g/mol. The molecule has 48 heavy (non-hydrogen) atoms. The zero-order valence-corrected chi connectivity index (χ0v) is 30.0. The summed E-state index contributed by atoms with van der Waals surface area (Å²) < 4.78 is 11.0. The number of unbranched alkanes of at least 4 members (excludes halogenated alkanes) is 6. The van der Waals surface area contributed by atoms with Crippen molar-refractivity contribution >= 4 is 34.7 Å². The third-order valence-electron chi connectivity index (χ3n) is 9.22. The first-order valence-corrected chi connectivity index (χ1v) is 19.2. The summed E-state index contributed by atoms with van der Waals surface area (Å²) >= 11 is 0. The standard InChI is InChI=1S/C40H43O5P.C2H6/c1-29-36(40(43)38-15-11-10-14-37(38)39(29)42)13-9-7-5-4-6-8-12-28-46(33-22-16-30(41)17-23-33,34-24-18-31(44-2)19-25-34)35-26-20-32(45-3)21-27-35;1-2/h10-11,14-27H,4-9,12-13,28H2,1-3H3;1-2H3/p+1. The SMILES string of the molecule is CC.COc1ccc([P+](CCCCCCCCCC2=C(C)C(=O)c3ccccc3C2=O)(c2ccc(O)cc2)c2ccc(OC)cc2)cc1. The van der Waals surface area contributed by atoms with Gasteiger partial charge in [-0.3, -0.25) is 9.59 Å². The number of methoxy groups -OCH3 is 2. The second-order valence-electron chi connectivity index (χ2n) is 12.0. The van der Waals surface area contributed by atoms with Crippen molar-refractivity contribution in [2.75, 3.05) is 20.4 Å². The minimum Gasteiger partial charge on any atom is -0.508 e. The van der Waals surface area contributed by atoms with Crippen molar-refractivity contribution in [2.45, 2.75) is 72.1 Å². The Hall–Kier alpha value is -4.21. The van der Waals surface area contributed by atoms with Crippen LogP contribution >= 0.6 is 7.26 Å². The largest absolute Gasteiger partial charge is 0.508 e. The van der Waals surface area contributed by atoms with Crippen molar-refractivity contribution in [3.05, 3.63) is 119 Å². The molecule has 1 N–H and O–H groups in total. The number of fused-ring (bicyclic) bond motifs is 1. The van der Waals surface area contributed by atoms with Gasteiger partial charge < -0.3 is 14.6 Å². The van der Waals surface area contributed by atoms with Crippen molar-refractivity contribution < 1.29 is 24.2 Å². The number of carbonyl (C=O) groups excluding carboxylic acids is 2. The van der Waals surface area contributed by atoms with Crippen molar-refractivity contribution in [2.24, 2.45) is 0 Å². The fourth-order valence-corrected chi connectivity index (χ4v) is 10.9. The smallest absolute Gasteiger partial charge is 0.190 e. The van der Waals surface area contributed by atoms with Crippen LogP contribution in [-0.2, 0) is 0 Å². The molecule has 1 aliphatic rings. The number of Topliss-reactive ketones (excluding diaryl/α,β-unsaturated/α-hetero) is 2. The molecule has 0 saturated heterocycles. The third-order valence-corrected chi connectivity index (χ3v) is 13.7. The molecule has 6 heteroatoms. The Morgan fingerprint density at radius 2 is 0.979 bits per heavy atom. The van der Waals surface area contributed by atoms with Crippen molar-refractivity contribution in [3.63, 3.8) is 0 Å². The maximum absolute atomic E-state index is 13.0. The highest BCUT2D eigenvalue weighted by atomic mass is 31.2. The summed E-state index contributed by atoms with van der Waals surface area (Å²) in [5.41, 5.74) is 2.38. The maximum atomic E-state index is 13.0. The Morgan fingerprint density at radius 3 is 1.46 bits per heavy atom. The van der Waals surface area contributed by atoms with Crippen LogP contribution in [0.25, 0.3) is 0 Å². The molecule has 0 unspecified atom stereocenters. The molecule has 0 spiro atoms. The third kappa shape index (κ3) is 8.25. The summed E-state index contributed by atoms with van der Waals surface area (Å²) in [6, 6.07) is 31.9. The zero-order chi connectivity index (χ0) is 34.5. The van der Waals surface area contributed by atoms with E-state index >= 15 is 0 Å². The van der Waals surface area contributed by atoms with Gasteiger partial charge in [-0.25, -0.2) is 0 Å². The van der Waals surface area contributed by atoms with E-state index in [0.29, 0.717) is 28.7 Å². The fourth-order valence-electron chi connectivity index (χ4n) is 6.60. The Labute approximate surface area is 287 Å². The average Bonchev–Trinajstić information content (AvgIpc) is 3.14. The van der Waals surface area contributed by atoms with E-state index < -0.39 is 7.26 Å². The first-order chi connectivity index (χ1) is 23.4. The molecule has 252 valence electrons. The molecule has 4 aromatic rings. The second kappa shape index (κ2) is 17.8. The second-order valence-corrected chi connectivity index (χ2v) is 15.6. The highest BCUT2D eigenvalue weighted by Gasteiger charge is 2.45. The van der Waals surface area contributed by atoms with Gasteiger partial charge in [-0.05, 0) is 105 Å². The van der Waals surface area contributed by atoms with Crippen LogP contribution in [0.1, 0.15) is 92.9 Å². The van der Waals surface area contributed by atoms with Gasteiger partial charge in [-0.2, -0.15) is 0 Å². The molecule has 0 atom stereocenters. The van der Waals surface area contributed by atoms with E-state index in [2.05, 4.69) is 36.4 Å². The minimum atomic E-state index is -2.04. The molecule has 0 aromatic heterocycles. The van der Waals surface area contributed by atoms with Gasteiger partial charge in [0.25, 0.3) is 0 Å². The average molecular weight is 666 g/mol. The lowest BCUT2D eigenvalue weighted by Gasteiger charge is -2.28. The molecule has 0 aliphatic heterocycles.